The Morgan fingerprint density at radius 3 is 1.42 bits per heavy atom. The number of hydrogen-bond donors (Lipinski definition) is 1. The molecule has 1 N–H and O–H groups in total. The average Bonchev–Trinajstić information content (AvgIpc) is 3.91. The standard InChI is InChI=1S/C29H26N2.C16H16N2.C12H9N.C4H9.Li/c1-21-11-10-12-22(2)29(21)30-28(20-19-23-13-4-3-5-14-23)31-26-17-8-6-15-24(26)25-16-7-9-18-27(25)31;1-13-7-6-8-14(2)16(13)18-12-17-11-15-9-4-3-5-10-15;1-3-7-11-9(5-1)10-6-2-4-8-12(10)13-11;1-3-4-2;/h3-18H,19-20H2,1-2H3;3-10H,11H2,1-2H3;1-8,13H;1,3-4H2,2H3;/q;;;-1;+1. The van der Waals surface area contributed by atoms with Crippen molar-refractivity contribution < 1.29 is 18.9 Å². The second kappa shape index (κ2) is 25.1. The van der Waals surface area contributed by atoms with Gasteiger partial charge in [-0.1, -0.05) is 183 Å². The molecule has 0 spiro atoms. The van der Waals surface area contributed by atoms with Crippen molar-refractivity contribution in [3.63, 3.8) is 0 Å². The molecule has 2 heterocycles. The molecule has 0 radical (unpaired) electrons. The minimum atomic E-state index is 0. The first-order valence-corrected chi connectivity index (χ1v) is 23.0. The number of aromatic nitrogens is 2. The number of nitrogens with one attached hydrogen (secondary N) is 1. The van der Waals surface area contributed by atoms with Crippen LogP contribution in [0.2, 0.25) is 0 Å². The number of nitrogens with zero attached hydrogens (tertiary/aromatic N) is 4. The molecule has 5 nitrogen and oxygen atoms in total. The van der Waals surface area contributed by atoms with Crippen LogP contribution in [0.3, 0.4) is 0 Å². The van der Waals surface area contributed by atoms with Gasteiger partial charge in [0.05, 0.1) is 35.0 Å². The summed E-state index contributed by atoms with van der Waals surface area (Å²) in [6, 6.07) is 70.1. The Balaban J connectivity index is 0.000000173. The molecule has 0 aliphatic carbocycles. The molecule has 0 saturated carbocycles. The number of fused-ring (bicyclic) bond motifs is 6. The average molecular weight is 870 g/mol. The third kappa shape index (κ3) is 12.9. The smallest absolute Gasteiger partial charge is 0.355 e. The van der Waals surface area contributed by atoms with Crippen molar-refractivity contribution >= 4 is 66.8 Å². The van der Waals surface area contributed by atoms with Crippen molar-refractivity contribution in [2.24, 2.45) is 15.0 Å². The van der Waals surface area contributed by atoms with Gasteiger partial charge in [-0.3, -0.25) is 4.57 Å². The Bertz CT molecular complexity index is 3080. The molecule has 8 aromatic carbocycles. The number of H-pyrrole nitrogens is 1. The summed E-state index contributed by atoms with van der Waals surface area (Å²) in [5.74, 6) is 1.08. The summed E-state index contributed by atoms with van der Waals surface area (Å²) in [7, 11) is 0. The van der Waals surface area contributed by atoms with Crippen molar-refractivity contribution in [3.05, 3.63) is 234 Å². The molecule has 6 heteroatoms. The number of rotatable bonds is 8. The number of hydrogen-bond acceptors (Lipinski definition) is 3. The van der Waals surface area contributed by atoms with Gasteiger partial charge in [-0.2, -0.15) is 11.4 Å². The Morgan fingerprint density at radius 1 is 0.507 bits per heavy atom. The van der Waals surface area contributed by atoms with Crippen molar-refractivity contribution in [1.29, 1.82) is 0 Å². The predicted molar refractivity (Wildman–Crippen MR) is 284 cm³/mol. The van der Waals surface area contributed by atoms with E-state index in [0.29, 0.717) is 6.54 Å². The molecule has 67 heavy (non-hydrogen) atoms. The maximum atomic E-state index is 5.30. The van der Waals surface area contributed by atoms with Gasteiger partial charge < -0.3 is 11.9 Å². The van der Waals surface area contributed by atoms with Gasteiger partial charge in [0.2, 0.25) is 0 Å². The molecule has 0 fully saturated rings. The second-order valence-electron chi connectivity index (χ2n) is 16.4. The van der Waals surface area contributed by atoms with Crippen LogP contribution in [0.4, 0.5) is 11.4 Å². The van der Waals surface area contributed by atoms with E-state index >= 15 is 0 Å². The second-order valence-corrected chi connectivity index (χ2v) is 16.4. The molecular weight excluding hydrogens is 810 g/mol. The molecule has 0 bridgehead atoms. The maximum absolute atomic E-state index is 5.30. The van der Waals surface area contributed by atoms with Gasteiger partial charge in [0.1, 0.15) is 5.84 Å². The summed E-state index contributed by atoms with van der Waals surface area (Å²) in [5.41, 5.74) is 14.1. The van der Waals surface area contributed by atoms with E-state index in [4.69, 9.17) is 4.99 Å². The number of para-hydroxylation sites is 6. The fourth-order valence-corrected chi connectivity index (χ4v) is 8.01. The van der Waals surface area contributed by atoms with E-state index in [1.54, 1.807) is 0 Å². The zero-order valence-electron chi connectivity index (χ0n) is 40.0. The number of aliphatic imine (C=N–C) groups is 3. The third-order valence-corrected chi connectivity index (χ3v) is 11.5. The first-order valence-electron chi connectivity index (χ1n) is 23.0. The summed E-state index contributed by atoms with van der Waals surface area (Å²) in [6.07, 6.45) is 4.09. The minimum absolute atomic E-state index is 0. The van der Waals surface area contributed by atoms with Crippen LogP contribution in [-0.4, -0.2) is 21.4 Å². The van der Waals surface area contributed by atoms with Crippen molar-refractivity contribution in [2.75, 3.05) is 0 Å². The maximum Gasteiger partial charge on any atom is 1.00 e. The van der Waals surface area contributed by atoms with Crippen LogP contribution < -0.4 is 18.9 Å². The number of unbranched alkanes of at least 4 members (excludes halogenated alkanes) is 1. The number of aryl methyl sites for hydroxylation is 5. The van der Waals surface area contributed by atoms with Gasteiger partial charge in [0.15, 0.2) is 0 Å². The number of benzene rings is 8. The van der Waals surface area contributed by atoms with E-state index in [-0.39, 0.29) is 18.9 Å². The van der Waals surface area contributed by atoms with Gasteiger partial charge in [0.25, 0.3) is 0 Å². The summed E-state index contributed by atoms with van der Waals surface area (Å²) >= 11 is 0. The first kappa shape index (κ1) is 49.4. The summed E-state index contributed by atoms with van der Waals surface area (Å²) < 4.78 is 2.36. The molecule has 0 amide bonds. The summed E-state index contributed by atoms with van der Waals surface area (Å²) in [6.45, 7) is 14.7. The monoisotopic (exact) mass is 870 g/mol. The fourth-order valence-electron chi connectivity index (χ4n) is 8.01. The van der Waals surface area contributed by atoms with Gasteiger partial charge >= 0.3 is 18.9 Å². The van der Waals surface area contributed by atoms with Crippen LogP contribution in [0.15, 0.2) is 209 Å². The molecule has 0 unspecified atom stereocenters. The SMILES string of the molecule is Cc1cccc(C)c1N=C(CCc1ccccc1)n1c2ccccc2c2ccccc21.Cc1cccc(C)c1N=C=NCc1ccccc1.[CH2-]CCC.[Li+].c1ccc2c(c1)[nH]c1ccccc12. The van der Waals surface area contributed by atoms with E-state index in [0.717, 1.165) is 47.6 Å². The molecule has 2 aromatic heterocycles. The molecular formula is C61H60LiN5. The quantitative estimate of drug-likeness (QED) is 0.0685. The molecule has 0 atom stereocenters. The van der Waals surface area contributed by atoms with Crippen LogP contribution >= 0.6 is 0 Å². The van der Waals surface area contributed by atoms with Crippen LogP contribution in [-0.2, 0) is 13.0 Å². The van der Waals surface area contributed by atoms with Crippen LogP contribution in [0, 0.1) is 34.6 Å². The van der Waals surface area contributed by atoms with Crippen LogP contribution in [0.1, 0.15) is 59.6 Å². The van der Waals surface area contributed by atoms with E-state index < -0.39 is 0 Å². The largest absolute Gasteiger partial charge is 1.00 e. The van der Waals surface area contributed by atoms with Crippen molar-refractivity contribution in [2.45, 2.75) is 66.8 Å². The third-order valence-electron chi connectivity index (χ3n) is 11.5. The Labute approximate surface area is 409 Å². The first-order chi connectivity index (χ1) is 32.4. The van der Waals surface area contributed by atoms with Crippen LogP contribution in [0.25, 0.3) is 43.6 Å². The van der Waals surface area contributed by atoms with E-state index in [2.05, 4.69) is 199 Å². The molecule has 0 saturated heterocycles. The zero-order valence-corrected chi connectivity index (χ0v) is 40.0. The topological polar surface area (TPSA) is 57.8 Å². The summed E-state index contributed by atoms with van der Waals surface area (Å²) in [5, 5.41) is 5.15. The molecule has 10 aromatic rings. The minimum Gasteiger partial charge on any atom is -0.355 e. The zero-order chi connectivity index (χ0) is 46.1. The van der Waals surface area contributed by atoms with E-state index in [9.17, 15) is 0 Å². The molecule has 0 aliphatic heterocycles. The molecule has 0 aliphatic rings. The van der Waals surface area contributed by atoms with Gasteiger partial charge in [-0.05, 0) is 91.8 Å². The Kier molecular flexibility index (Phi) is 18.5. The van der Waals surface area contributed by atoms with Gasteiger partial charge in [-0.15, -0.1) is 0 Å². The molecule has 10 rings (SSSR count). The normalized spacial score (nSPS) is 10.7. The fraction of sp³-hybridized carbons (Fsp3) is 0.164. The predicted octanol–water partition coefficient (Wildman–Crippen LogP) is 13.9. The van der Waals surface area contributed by atoms with E-state index in [1.165, 1.54) is 72.3 Å². The van der Waals surface area contributed by atoms with Crippen LogP contribution in [0.5, 0.6) is 0 Å². The van der Waals surface area contributed by atoms with Crippen molar-refractivity contribution in [3.8, 4) is 0 Å². The summed E-state index contributed by atoms with van der Waals surface area (Å²) in [4.78, 5) is 17.2. The van der Waals surface area contributed by atoms with E-state index in [1.807, 2.05) is 62.4 Å². The van der Waals surface area contributed by atoms with Gasteiger partial charge in [-0.25, -0.2) is 9.98 Å². The Hall–Kier alpha value is -6.99. The Morgan fingerprint density at radius 2 is 0.925 bits per heavy atom. The van der Waals surface area contributed by atoms with Crippen molar-refractivity contribution in [1.82, 2.24) is 9.55 Å². The molecule has 330 valence electrons. The number of aromatic amines is 1. The van der Waals surface area contributed by atoms with Gasteiger partial charge in [0, 0.05) is 39.0 Å².